The third kappa shape index (κ3) is 5.62. The molecule has 2 aromatic carbocycles. The van der Waals surface area contributed by atoms with Crippen LogP contribution in [0.5, 0.6) is 0 Å². The molecule has 1 N–H and O–H groups in total. The summed E-state index contributed by atoms with van der Waals surface area (Å²) in [5.74, 6) is 1.44. The van der Waals surface area contributed by atoms with Gasteiger partial charge in [0, 0.05) is 62.1 Å². The highest BCUT2D eigenvalue weighted by atomic mass is 35.5. The molecular weight excluding hydrogens is 496 g/mol. The van der Waals surface area contributed by atoms with Crippen molar-refractivity contribution in [3.05, 3.63) is 76.3 Å². The second kappa shape index (κ2) is 11.1. The molecule has 4 aliphatic rings. The van der Waals surface area contributed by atoms with Crippen LogP contribution < -0.4 is 5.32 Å². The number of carbonyl (C=O) groups is 2. The molecule has 38 heavy (non-hydrogen) atoms. The van der Waals surface area contributed by atoms with Crippen molar-refractivity contribution in [1.29, 1.82) is 0 Å². The van der Waals surface area contributed by atoms with Crippen LogP contribution in [0.2, 0.25) is 5.02 Å². The molecule has 1 heterocycles. The van der Waals surface area contributed by atoms with Crippen LogP contribution >= 0.6 is 11.6 Å². The second-order valence-electron chi connectivity index (χ2n) is 11.6. The van der Waals surface area contributed by atoms with Crippen molar-refractivity contribution in [2.24, 2.45) is 17.3 Å². The van der Waals surface area contributed by atoms with Gasteiger partial charge in [0.2, 0.25) is 0 Å². The van der Waals surface area contributed by atoms with E-state index in [2.05, 4.69) is 30.1 Å². The van der Waals surface area contributed by atoms with Crippen LogP contribution in [0.4, 0.5) is 10.5 Å². The van der Waals surface area contributed by atoms with Gasteiger partial charge in [-0.05, 0) is 72.9 Å². The lowest BCUT2D eigenvalue weighted by Gasteiger charge is -2.57. The van der Waals surface area contributed by atoms with E-state index in [0.29, 0.717) is 42.5 Å². The summed E-state index contributed by atoms with van der Waals surface area (Å²) in [6.07, 6.45) is 4.73. The van der Waals surface area contributed by atoms with Crippen LogP contribution in [0, 0.1) is 24.2 Å². The maximum absolute atomic E-state index is 13.4. The number of rotatable bonds is 7. The fourth-order valence-corrected chi connectivity index (χ4v) is 6.41. The quantitative estimate of drug-likeness (QED) is 0.448. The highest BCUT2D eigenvalue weighted by Gasteiger charge is 2.51. The first-order valence-corrected chi connectivity index (χ1v) is 14.2. The van der Waals surface area contributed by atoms with Gasteiger partial charge in [0.05, 0.1) is 0 Å². The number of fused-ring (bicyclic) bond motifs is 1. The summed E-state index contributed by atoms with van der Waals surface area (Å²) in [4.78, 5) is 32.7. The molecule has 6 nitrogen and oxygen atoms in total. The number of hydrogen-bond acceptors (Lipinski definition) is 3. The minimum Gasteiger partial charge on any atom is -0.336 e. The maximum atomic E-state index is 13.4. The van der Waals surface area contributed by atoms with Crippen LogP contribution in [-0.4, -0.2) is 72.5 Å². The van der Waals surface area contributed by atoms with Gasteiger partial charge in [0.1, 0.15) is 0 Å². The van der Waals surface area contributed by atoms with Gasteiger partial charge in [-0.2, -0.15) is 0 Å². The molecule has 2 atom stereocenters. The summed E-state index contributed by atoms with van der Waals surface area (Å²) in [5.41, 5.74) is 4.27. The Labute approximate surface area is 231 Å². The summed E-state index contributed by atoms with van der Waals surface area (Å²) in [6, 6.07) is 15.0. The fraction of sp³-hybridized carbons (Fsp3) is 0.484. The van der Waals surface area contributed by atoms with Crippen LogP contribution in [0.25, 0.3) is 0 Å². The number of nitrogens with zero attached hydrogens (tertiary/aromatic N) is 3. The standard InChI is InChI=1S/C31H39ClN4O2/c1-22-6-4-5-7-27(22)29(37)35-17-14-34(15-18-35)16-19-36(30(38)33-26-12-10-25(32)11-13-26)21-23-8-9-24-20-28(23)31(24,2)3/h4-8,10-13,24,28H,9,14-21H2,1-3H3,(H,33,38). The SMILES string of the molecule is Cc1ccccc1C(=O)N1CCN(CCN(CC2=CCC3CC2C3(C)C)C(=O)Nc2ccc(Cl)cc2)CC1. The zero-order chi connectivity index (χ0) is 26.9. The normalized spacial score (nSPS) is 22.3. The number of nitrogens with one attached hydrogen (secondary N) is 1. The van der Waals surface area contributed by atoms with Crippen molar-refractivity contribution in [2.75, 3.05) is 51.1 Å². The Morgan fingerprint density at radius 3 is 2.42 bits per heavy atom. The lowest BCUT2D eigenvalue weighted by molar-refractivity contribution is -0.00970. The first-order chi connectivity index (χ1) is 18.2. The van der Waals surface area contributed by atoms with Crippen molar-refractivity contribution in [3.63, 3.8) is 0 Å². The number of allylic oxidation sites excluding steroid dienone is 1. The van der Waals surface area contributed by atoms with E-state index >= 15 is 0 Å². The highest BCUT2D eigenvalue weighted by Crippen LogP contribution is 2.59. The molecule has 0 aromatic heterocycles. The molecule has 1 saturated carbocycles. The Kier molecular flexibility index (Phi) is 7.83. The Morgan fingerprint density at radius 2 is 1.76 bits per heavy atom. The molecule has 1 aliphatic heterocycles. The number of hydrogen-bond donors (Lipinski definition) is 1. The summed E-state index contributed by atoms with van der Waals surface area (Å²) in [7, 11) is 0. The van der Waals surface area contributed by atoms with Crippen LogP contribution in [0.15, 0.2) is 60.2 Å². The second-order valence-corrected chi connectivity index (χ2v) is 12.1. The molecule has 202 valence electrons. The molecule has 0 spiro atoms. The van der Waals surface area contributed by atoms with Gasteiger partial charge in [-0.3, -0.25) is 9.69 Å². The third-order valence-corrected chi connectivity index (χ3v) is 9.31. The summed E-state index contributed by atoms with van der Waals surface area (Å²) in [6.45, 7) is 11.8. The van der Waals surface area contributed by atoms with E-state index in [9.17, 15) is 9.59 Å². The molecule has 0 radical (unpaired) electrons. The fourth-order valence-electron chi connectivity index (χ4n) is 6.28. The average molecular weight is 535 g/mol. The van der Waals surface area contributed by atoms with Gasteiger partial charge < -0.3 is 15.1 Å². The predicted molar refractivity (Wildman–Crippen MR) is 154 cm³/mol. The highest BCUT2D eigenvalue weighted by molar-refractivity contribution is 6.30. The van der Waals surface area contributed by atoms with E-state index in [1.807, 2.05) is 53.1 Å². The van der Waals surface area contributed by atoms with E-state index in [1.165, 1.54) is 12.0 Å². The summed E-state index contributed by atoms with van der Waals surface area (Å²) >= 11 is 6.03. The smallest absolute Gasteiger partial charge is 0.322 e. The number of benzene rings is 2. The largest absolute Gasteiger partial charge is 0.336 e. The first-order valence-electron chi connectivity index (χ1n) is 13.8. The van der Waals surface area contributed by atoms with E-state index < -0.39 is 0 Å². The van der Waals surface area contributed by atoms with Gasteiger partial charge in [0.25, 0.3) is 5.91 Å². The van der Waals surface area contributed by atoms with Crippen molar-refractivity contribution >= 4 is 29.2 Å². The van der Waals surface area contributed by atoms with Crippen LogP contribution in [-0.2, 0) is 0 Å². The van der Waals surface area contributed by atoms with Gasteiger partial charge >= 0.3 is 6.03 Å². The van der Waals surface area contributed by atoms with E-state index in [1.54, 1.807) is 12.1 Å². The molecule has 2 bridgehead atoms. The molecule has 6 rings (SSSR count). The lowest BCUT2D eigenvalue weighted by atomic mass is 9.49. The molecule has 7 heteroatoms. The molecule has 3 amide bonds. The van der Waals surface area contributed by atoms with Crippen molar-refractivity contribution in [1.82, 2.24) is 14.7 Å². The Hall–Kier alpha value is -2.83. The molecule has 2 fully saturated rings. The van der Waals surface area contributed by atoms with E-state index in [0.717, 1.165) is 48.8 Å². The predicted octanol–water partition coefficient (Wildman–Crippen LogP) is 5.93. The zero-order valence-corrected chi connectivity index (χ0v) is 23.5. The Bertz CT molecular complexity index is 1200. The number of piperazine rings is 1. The van der Waals surface area contributed by atoms with Gasteiger partial charge in [-0.25, -0.2) is 4.79 Å². The maximum Gasteiger partial charge on any atom is 0.322 e. The molecule has 2 unspecified atom stereocenters. The zero-order valence-electron chi connectivity index (χ0n) is 22.8. The number of urea groups is 1. The van der Waals surface area contributed by atoms with Gasteiger partial charge in [-0.1, -0.05) is 55.3 Å². The number of amides is 3. The Balaban J connectivity index is 1.20. The minimum atomic E-state index is -0.0826. The number of halogens is 1. The Morgan fingerprint density at radius 1 is 1.05 bits per heavy atom. The average Bonchev–Trinajstić information content (AvgIpc) is 2.92. The number of anilines is 1. The molecular formula is C31H39ClN4O2. The summed E-state index contributed by atoms with van der Waals surface area (Å²) < 4.78 is 0. The monoisotopic (exact) mass is 534 g/mol. The first kappa shape index (κ1) is 26.8. The van der Waals surface area contributed by atoms with E-state index in [-0.39, 0.29) is 11.9 Å². The van der Waals surface area contributed by atoms with Crippen LogP contribution in [0.3, 0.4) is 0 Å². The lowest BCUT2D eigenvalue weighted by Crippen LogP contribution is -2.52. The molecule has 2 aromatic rings. The topological polar surface area (TPSA) is 55.9 Å². The molecule has 3 aliphatic carbocycles. The van der Waals surface area contributed by atoms with E-state index in [4.69, 9.17) is 11.6 Å². The van der Waals surface area contributed by atoms with Crippen LogP contribution in [0.1, 0.15) is 42.6 Å². The van der Waals surface area contributed by atoms with Crippen molar-refractivity contribution in [3.8, 4) is 0 Å². The number of carbonyl (C=O) groups excluding carboxylic acids is 2. The third-order valence-electron chi connectivity index (χ3n) is 9.06. The minimum absolute atomic E-state index is 0.0826. The summed E-state index contributed by atoms with van der Waals surface area (Å²) in [5, 5.41) is 3.72. The van der Waals surface area contributed by atoms with Gasteiger partial charge in [0.15, 0.2) is 0 Å². The van der Waals surface area contributed by atoms with Crippen molar-refractivity contribution in [2.45, 2.75) is 33.6 Å². The molecule has 1 saturated heterocycles. The van der Waals surface area contributed by atoms with Crippen molar-refractivity contribution < 1.29 is 9.59 Å². The van der Waals surface area contributed by atoms with Gasteiger partial charge in [-0.15, -0.1) is 0 Å². The number of aryl methyl sites for hydroxylation is 1.